The average Bonchev–Trinajstić information content (AvgIpc) is 2.37. The van der Waals surface area contributed by atoms with Gasteiger partial charge in [-0.1, -0.05) is 25.4 Å². The van der Waals surface area contributed by atoms with Gasteiger partial charge in [-0.05, 0) is 26.7 Å². The van der Waals surface area contributed by atoms with Crippen molar-refractivity contribution in [3.63, 3.8) is 0 Å². The Morgan fingerprint density at radius 1 is 1.27 bits per heavy atom. The molecule has 0 N–H and O–H groups in total. The maximum Gasteiger partial charge on any atom is 0.103 e. The largest absolute Gasteiger partial charge is 0.343 e. The first-order chi connectivity index (χ1) is 6.91. The molecule has 1 rings (SSSR count). The van der Waals surface area contributed by atoms with Crippen LogP contribution >= 0.6 is 11.6 Å². The summed E-state index contributed by atoms with van der Waals surface area (Å²) in [5.74, 6) is 0.334. The Labute approximate surface area is 96.5 Å². The van der Waals surface area contributed by atoms with E-state index in [1.54, 1.807) is 0 Å². The molecule has 0 atom stereocenters. The number of rotatable bonds is 2. The first kappa shape index (κ1) is 12.1. The summed E-state index contributed by atoms with van der Waals surface area (Å²) in [5, 5.41) is 9.68. The second kappa shape index (κ2) is 4.28. The molecular weight excluding hydrogens is 208 g/mol. The van der Waals surface area contributed by atoms with Gasteiger partial charge in [-0.15, -0.1) is 0 Å². The fourth-order valence-corrected chi connectivity index (χ4v) is 2.51. The van der Waals surface area contributed by atoms with E-state index in [0.29, 0.717) is 22.5 Å². The molecule has 0 saturated heterocycles. The molecule has 0 fully saturated rings. The van der Waals surface area contributed by atoms with Crippen molar-refractivity contribution in [1.82, 2.24) is 4.57 Å². The summed E-state index contributed by atoms with van der Waals surface area (Å²) in [5.41, 5.74) is 2.66. The van der Waals surface area contributed by atoms with Gasteiger partial charge in [0.25, 0.3) is 0 Å². The van der Waals surface area contributed by atoms with Gasteiger partial charge in [-0.3, -0.25) is 0 Å². The van der Waals surface area contributed by atoms with E-state index in [0.717, 1.165) is 11.4 Å². The molecule has 15 heavy (non-hydrogen) atoms. The molecule has 1 aromatic rings. The summed E-state index contributed by atoms with van der Waals surface area (Å²) >= 11 is 6.23. The second-order valence-corrected chi connectivity index (χ2v) is 4.77. The van der Waals surface area contributed by atoms with Gasteiger partial charge in [0.05, 0.1) is 10.6 Å². The standard InChI is InChI=1S/C12H17ClN2/c1-7(2)12-11(13)10(6-14)9(5)15(12)8(3)4/h7-8H,1-5H3. The van der Waals surface area contributed by atoms with Crippen molar-refractivity contribution in [2.45, 2.75) is 46.6 Å². The average molecular weight is 225 g/mol. The quantitative estimate of drug-likeness (QED) is 0.746. The lowest BCUT2D eigenvalue weighted by molar-refractivity contribution is 0.548. The van der Waals surface area contributed by atoms with Gasteiger partial charge in [0.15, 0.2) is 0 Å². The van der Waals surface area contributed by atoms with E-state index in [-0.39, 0.29) is 0 Å². The molecule has 0 aliphatic heterocycles. The number of halogens is 1. The molecule has 3 heteroatoms. The summed E-state index contributed by atoms with van der Waals surface area (Å²) in [4.78, 5) is 0. The van der Waals surface area contributed by atoms with E-state index in [4.69, 9.17) is 16.9 Å². The predicted octanol–water partition coefficient (Wildman–Crippen LogP) is 4.03. The lowest BCUT2D eigenvalue weighted by Crippen LogP contribution is -2.08. The van der Waals surface area contributed by atoms with Gasteiger partial charge >= 0.3 is 0 Å². The van der Waals surface area contributed by atoms with Crippen molar-refractivity contribution in [2.75, 3.05) is 0 Å². The highest BCUT2D eigenvalue weighted by Crippen LogP contribution is 2.34. The minimum absolute atomic E-state index is 0.334. The van der Waals surface area contributed by atoms with Crippen molar-refractivity contribution in [2.24, 2.45) is 0 Å². The highest BCUT2D eigenvalue weighted by Gasteiger charge is 2.22. The van der Waals surface area contributed by atoms with E-state index in [9.17, 15) is 0 Å². The Morgan fingerprint density at radius 3 is 2.07 bits per heavy atom. The fourth-order valence-electron chi connectivity index (χ4n) is 2.02. The van der Waals surface area contributed by atoms with Gasteiger partial charge in [0.2, 0.25) is 0 Å². The van der Waals surface area contributed by atoms with E-state index in [1.165, 1.54) is 0 Å². The zero-order valence-electron chi connectivity index (χ0n) is 9.93. The predicted molar refractivity (Wildman–Crippen MR) is 63.4 cm³/mol. The van der Waals surface area contributed by atoms with Crippen LogP contribution in [-0.4, -0.2) is 4.57 Å². The van der Waals surface area contributed by atoms with E-state index < -0.39 is 0 Å². The number of nitriles is 1. The molecule has 0 saturated carbocycles. The van der Waals surface area contributed by atoms with Crippen LogP contribution in [0.1, 0.15) is 56.6 Å². The molecule has 0 radical (unpaired) electrons. The van der Waals surface area contributed by atoms with Crippen LogP contribution in [0.15, 0.2) is 0 Å². The summed E-state index contributed by atoms with van der Waals surface area (Å²) in [6.45, 7) is 10.4. The molecular formula is C12H17ClN2. The fraction of sp³-hybridized carbons (Fsp3) is 0.583. The first-order valence-electron chi connectivity index (χ1n) is 5.22. The molecule has 1 heterocycles. The van der Waals surface area contributed by atoms with Crippen LogP contribution in [-0.2, 0) is 0 Å². The van der Waals surface area contributed by atoms with Crippen LogP contribution in [0.5, 0.6) is 0 Å². The van der Waals surface area contributed by atoms with Crippen molar-refractivity contribution < 1.29 is 0 Å². The van der Waals surface area contributed by atoms with Crippen molar-refractivity contribution >= 4 is 11.6 Å². The van der Waals surface area contributed by atoms with Crippen LogP contribution < -0.4 is 0 Å². The Balaban J connectivity index is 3.56. The summed E-state index contributed by atoms with van der Waals surface area (Å²) in [7, 11) is 0. The molecule has 0 amide bonds. The molecule has 0 aromatic carbocycles. The highest BCUT2D eigenvalue weighted by atomic mass is 35.5. The second-order valence-electron chi connectivity index (χ2n) is 4.39. The maximum atomic E-state index is 9.05. The third-order valence-corrected chi connectivity index (χ3v) is 2.98. The summed E-state index contributed by atoms with van der Waals surface area (Å²) in [6.07, 6.45) is 0. The lowest BCUT2D eigenvalue weighted by Gasteiger charge is -2.17. The van der Waals surface area contributed by atoms with E-state index in [2.05, 4.69) is 38.3 Å². The Kier molecular flexibility index (Phi) is 3.46. The van der Waals surface area contributed by atoms with Gasteiger partial charge in [-0.2, -0.15) is 5.26 Å². The van der Waals surface area contributed by atoms with E-state index >= 15 is 0 Å². The molecule has 0 spiro atoms. The van der Waals surface area contributed by atoms with Crippen molar-refractivity contribution in [3.05, 3.63) is 22.0 Å². The van der Waals surface area contributed by atoms with E-state index in [1.807, 2.05) is 6.92 Å². The minimum atomic E-state index is 0.334. The normalized spacial score (nSPS) is 11.1. The number of aromatic nitrogens is 1. The third-order valence-electron chi connectivity index (χ3n) is 2.60. The smallest absolute Gasteiger partial charge is 0.103 e. The molecule has 1 aromatic heterocycles. The monoisotopic (exact) mass is 224 g/mol. The highest BCUT2D eigenvalue weighted by molar-refractivity contribution is 6.32. The molecule has 0 bridgehead atoms. The third kappa shape index (κ3) is 1.89. The maximum absolute atomic E-state index is 9.05. The zero-order valence-corrected chi connectivity index (χ0v) is 10.7. The molecule has 82 valence electrons. The molecule has 0 aliphatic carbocycles. The Bertz CT molecular complexity index is 377. The summed E-state index contributed by atoms with van der Waals surface area (Å²) in [6, 6.07) is 2.52. The minimum Gasteiger partial charge on any atom is -0.343 e. The first-order valence-corrected chi connectivity index (χ1v) is 5.59. The number of hydrogen-bond donors (Lipinski definition) is 0. The Morgan fingerprint density at radius 2 is 1.80 bits per heavy atom. The van der Waals surface area contributed by atoms with Crippen molar-refractivity contribution in [1.29, 1.82) is 5.26 Å². The summed E-state index contributed by atoms with van der Waals surface area (Å²) < 4.78 is 2.16. The molecule has 0 unspecified atom stereocenters. The lowest BCUT2D eigenvalue weighted by atomic mass is 10.1. The number of nitrogens with zero attached hydrogens (tertiary/aromatic N) is 2. The molecule has 2 nitrogen and oxygen atoms in total. The van der Waals surface area contributed by atoms with Gasteiger partial charge in [-0.25, -0.2) is 0 Å². The number of hydrogen-bond acceptors (Lipinski definition) is 1. The van der Waals surface area contributed by atoms with Crippen LogP contribution in [0.25, 0.3) is 0 Å². The van der Waals surface area contributed by atoms with Gasteiger partial charge in [0, 0.05) is 17.4 Å². The van der Waals surface area contributed by atoms with Crippen LogP contribution in [0, 0.1) is 18.3 Å². The zero-order chi connectivity index (χ0) is 11.7. The molecule has 0 aliphatic rings. The van der Waals surface area contributed by atoms with Gasteiger partial charge in [0.1, 0.15) is 6.07 Å². The van der Waals surface area contributed by atoms with Crippen LogP contribution in [0.2, 0.25) is 5.02 Å². The van der Waals surface area contributed by atoms with Crippen LogP contribution in [0.4, 0.5) is 0 Å². The SMILES string of the molecule is Cc1c(C#N)c(Cl)c(C(C)C)n1C(C)C. The topological polar surface area (TPSA) is 28.7 Å². The van der Waals surface area contributed by atoms with Crippen LogP contribution in [0.3, 0.4) is 0 Å². The Hall–Kier alpha value is -0.940. The van der Waals surface area contributed by atoms with Crippen molar-refractivity contribution in [3.8, 4) is 6.07 Å². The van der Waals surface area contributed by atoms with Gasteiger partial charge < -0.3 is 4.57 Å².